The molecule has 2 aromatic rings. The standard InChI is InChI=1S/C11H7BrN4O5/c12-7-2-1-3-8(16(19)20)11(7)21-10-5-6(15(17)18)4-9(13)14-10/h1-5H,(H2,13,14). The summed E-state index contributed by atoms with van der Waals surface area (Å²) in [5, 5.41) is 21.7. The zero-order valence-electron chi connectivity index (χ0n) is 10.2. The van der Waals surface area contributed by atoms with Gasteiger partial charge in [0.15, 0.2) is 0 Å². The van der Waals surface area contributed by atoms with E-state index in [1.54, 1.807) is 0 Å². The lowest BCUT2D eigenvalue weighted by molar-refractivity contribution is -0.386. The molecule has 21 heavy (non-hydrogen) atoms. The molecule has 0 fully saturated rings. The van der Waals surface area contributed by atoms with Crippen LogP contribution in [0, 0.1) is 20.2 Å². The van der Waals surface area contributed by atoms with E-state index in [0.717, 1.165) is 12.1 Å². The number of hydrogen-bond acceptors (Lipinski definition) is 7. The van der Waals surface area contributed by atoms with Gasteiger partial charge in [-0.15, -0.1) is 0 Å². The lowest BCUT2D eigenvalue weighted by Gasteiger charge is -2.07. The quantitative estimate of drug-likeness (QED) is 0.658. The minimum atomic E-state index is -0.667. The summed E-state index contributed by atoms with van der Waals surface area (Å²) in [5.74, 6) is -0.458. The summed E-state index contributed by atoms with van der Waals surface area (Å²) in [6, 6.07) is 6.31. The maximum absolute atomic E-state index is 11.0. The Labute approximate surface area is 125 Å². The number of nitrogens with two attached hydrogens (primary N) is 1. The lowest BCUT2D eigenvalue weighted by Crippen LogP contribution is -1.99. The highest BCUT2D eigenvalue weighted by Gasteiger charge is 2.20. The minimum absolute atomic E-state index is 0.116. The number of halogens is 1. The molecular weight excluding hydrogens is 348 g/mol. The van der Waals surface area contributed by atoms with Crippen LogP contribution in [0.4, 0.5) is 17.2 Å². The van der Waals surface area contributed by atoms with Crippen molar-refractivity contribution in [2.75, 3.05) is 5.73 Å². The topological polar surface area (TPSA) is 134 Å². The number of para-hydroxylation sites is 1. The number of rotatable bonds is 4. The fraction of sp³-hybridized carbons (Fsp3) is 0. The predicted octanol–water partition coefficient (Wildman–Crippen LogP) is 3.04. The normalized spacial score (nSPS) is 10.1. The average Bonchev–Trinajstić information content (AvgIpc) is 2.40. The Morgan fingerprint density at radius 2 is 1.90 bits per heavy atom. The van der Waals surface area contributed by atoms with Crippen LogP contribution in [0.2, 0.25) is 0 Å². The summed E-state index contributed by atoms with van der Waals surface area (Å²) in [4.78, 5) is 24.2. The van der Waals surface area contributed by atoms with Crippen LogP contribution in [-0.2, 0) is 0 Å². The number of nitrogen functional groups attached to an aromatic ring is 1. The summed E-state index contributed by atoms with van der Waals surface area (Å²) in [7, 11) is 0. The molecular formula is C11H7BrN4O5. The van der Waals surface area contributed by atoms with E-state index in [1.165, 1.54) is 18.2 Å². The molecule has 2 rings (SSSR count). The highest BCUT2D eigenvalue weighted by molar-refractivity contribution is 9.10. The van der Waals surface area contributed by atoms with Gasteiger partial charge in [0, 0.05) is 6.07 Å². The van der Waals surface area contributed by atoms with Gasteiger partial charge in [0.2, 0.25) is 11.6 Å². The lowest BCUT2D eigenvalue weighted by atomic mass is 10.3. The highest BCUT2D eigenvalue weighted by Crippen LogP contribution is 2.38. The van der Waals surface area contributed by atoms with E-state index in [-0.39, 0.29) is 28.8 Å². The molecule has 2 N–H and O–H groups in total. The van der Waals surface area contributed by atoms with Crippen LogP contribution in [0.3, 0.4) is 0 Å². The molecule has 0 bridgehead atoms. The van der Waals surface area contributed by atoms with Gasteiger partial charge in [0.25, 0.3) is 5.69 Å². The van der Waals surface area contributed by atoms with Crippen molar-refractivity contribution >= 4 is 33.1 Å². The van der Waals surface area contributed by atoms with Gasteiger partial charge < -0.3 is 10.5 Å². The smallest absolute Gasteiger partial charge is 0.312 e. The Balaban J connectivity index is 2.48. The number of nitro groups is 2. The van der Waals surface area contributed by atoms with E-state index in [9.17, 15) is 20.2 Å². The Kier molecular flexibility index (Phi) is 3.98. The minimum Gasteiger partial charge on any atom is -0.430 e. The molecule has 10 heteroatoms. The zero-order valence-corrected chi connectivity index (χ0v) is 11.8. The van der Waals surface area contributed by atoms with Crippen molar-refractivity contribution < 1.29 is 14.6 Å². The van der Waals surface area contributed by atoms with Crippen molar-refractivity contribution in [2.24, 2.45) is 0 Å². The van der Waals surface area contributed by atoms with Gasteiger partial charge in [0.05, 0.1) is 26.5 Å². The highest BCUT2D eigenvalue weighted by atomic mass is 79.9. The van der Waals surface area contributed by atoms with Crippen LogP contribution in [0.15, 0.2) is 34.8 Å². The van der Waals surface area contributed by atoms with E-state index in [0.29, 0.717) is 4.47 Å². The molecule has 108 valence electrons. The fourth-order valence-corrected chi connectivity index (χ4v) is 1.95. The Morgan fingerprint density at radius 3 is 2.52 bits per heavy atom. The Bertz CT molecular complexity index is 737. The summed E-state index contributed by atoms with van der Waals surface area (Å²) < 4.78 is 5.60. The zero-order chi connectivity index (χ0) is 15.6. The molecule has 0 saturated heterocycles. The van der Waals surface area contributed by atoms with Gasteiger partial charge in [-0.3, -0.25) is 20.2 Å². The Hall–Kier alpha value is -2.75. The van der Waals surface area contributed by atoms with Gasteiger partial charge >= 0.3 is 5.69 Å². The van der Waals surface area contributed by atoms with Crippen molar-refractivity contribution in [3.63, 3.8) is 0 Å². The molecule has 0 unspecified atom stereocenters. The van der Waals surface area contributed by atoms with Crippen molar-refractivity contribution in [3.8, 4) is 11.6 Å². The molecule has 1 heterocycles. The summed E-state index contributed by atoms with van der Waals surface area (Å²) in [6.45, 7) is 0. The first-order valence-electron chi connectivity index (χ1n) is 5.41. The van der Waals surface area contributed by atoms with Crippen molar-refractivity contribution in [2.45, 2.75) is 0 Å². The number of nitro benzene ring substituents is 1. The number of pyridine rings is 1. The average molecular weight is 355 g/mol. The van der Waals surface area contributed by atoms with Crippen LogP contribution >= 0.6 is 15.9 Å². The number of nitrogens with zero attached hydrogens (tertiary/aromatic N) is 3. The number of aromatic nitrogens is 1. The van der Waals surface area contributed by atoms with E-state index in [2.05, 4.69) is 20.9 Å². The number of ether oxygens (including phenoxy) is 1. The van der Waals surface area contributed by atoms with Crippen LogP contribution in [0.5, 0.6) is 11.6 Å². The van der Waals surface area contributed by atoms with Crippen molar-refractivity contribution in [3.05, 3.63) is 55.0 Å². The first kappa shape index (κ1) is 14.7. The van der Waals surface area contributed by atoms with Crippen LogP contribution in [-0.4, -0.2) is 14.8 Å². The van der Waals surface area contributed by atoms with E-state index >= 15 is 0 Å². The molecule has 0 aliphatic carbocycles. The molecule has 1 aromatic heterocycles. The molecule has 0 radical (unpaired) electrons. The van der Waals surface area contributed by atoms with Crippen LogP contribution < -0.4 is 10.5 Å². The monoisotopic (exact) mass is 354 g/mol. The SMILES string of the molecule is Nc1cc([N+](=O)[O-])cc(Oc2c(Br)cccc2[N+](=O)[O-])n1. The molecule has 0 amide bonds. The van der Waals surface area contributed by atoms with Gasteiger partial charge in [-0.25, -0.2) is 0 Å². The second-order valence-electron chi connectivity index (χ2n) is 3.79. The van der Waals surface area contributed by atoms with Gasteiger partial charge in [0.1, 0.15) is 5.82 Å². The predicted molar refractivity (Wildman–Crippen MR) is 76.2 cm³/mol. The molecule has 0 aliphatic heterocycles. The summed E-state index contributed by atoms with van der Waals surface area (Å²) in [5.41, 5.74) is 4.81. The van der Waals surface area contributed by atoms with Crippen LogP contribution in [0.25, 0.3) is 0 Å². The molecule has 0 aliphatic rings. The van der Waals surface area contributed by atoms with Crippen LogP contribution in [0.1, 0.15) is 0 Å². The second kappa shape index (κ2) is 5.71. The van der Waals surface area contributed by atoms with Crippen molar-refractivity contribution in [1.29, 1.82) is 0 Å². The summed E-state index contributed by atoms with van der Waals surface area (Å²) in [6.07, 6.45) is 0. The number of anilines is 1. The Morgan fingerprint density at radius 1 is 1.19 bits per heavy atom. The summed E-state index contributed by atoms with van der Waals surface area (Å²) >= 11 is 3.12. The molecule has 0 atom stereocenters. The van der Waals surface area contributed by atoms with Gasteiger partial charge in [-0.2, -0.15) is 4.98 Å². The molecule has 1 aromatic carbocycles. The van der Waals surface area contributed by atoms with E-state index in [4.69, 9.17) is 10.5 Å². The first-order valence-corrected chi connectivity index (χ1v) is 6.20. The molecule has 0 spiro atoms. The largest absolute Gasteiger partial charge is 0.430 e. The molecule has 0 saturated carbocycles. The maximum Gasteiger partial charge on any atom is 0.312 e. The van der Waals surface area contributed by atoms with E-state index < -0.39 is 9.85 Å². The third kappa shape index (κ3) is 3.23. The number of benzene rings is 1. The number of hydrogen-bond donors (Lipinski definition) is 1. The van der Waals surface area contributed by atoms with Gasteiger partial charge in [-0.05, 0) is 22.0 Å². The fourth-order valence-electron chi connectivity index (χ4n) is 1.52. The first-order chi connectivity index (χ1) is 9.88. The molecule has 9 nitrogen and oxygen atoms in total. The third-order valence-electron chi connectivity index (χ3n) is 2.37. The second-order valence-corrected chi connectivity index (χ2v) is 4.65. The third-order valence-corrected chi connectivity index (χ3v) is 2.99. The van der Waals surface area contributed by atoms with Gasteiger partial charge in [-0.1, -0.05) is 6.07 Å². The maximum atomic E-state index is 11.0. The van der Waals surface area contributed by atoms with Crippen molar-refractivity contribution in [1.82, 2.24) is 4.98 Å². The van der Waals surface area contributed by atoms with E-state index in [1.807, 2.05) is 0 Å².